The number of hydrogen-bond acceptors (Lipinski definition) is 5. The van der Waals surface area contributed by atoms with Crippen LogP contribution in [0, 0.1) is 17.3 Å². The summed E-state index contributed by atoms with van der Waals surface area (Å²) in [4.78, 5) is 23.5. The van der Waals surface area contributed by atoms with Crippen molar-refractivity contribution in [2.24, 2.45) is 17.3 Å². The number of Topliss-reactive ketones (excluding diaryl/α,β-unsaturated/α-hetero) is 1. The lowest BCUT2D eigenvalue weighted by Crippen LogP contribution is -2.29. The molecule has 0 aliphatic heterocycles. The molecule has 0 unspecified atom stereocenters. The molecule has 2 fully saturated rings. The van der Waals surface area contributed by atoms with Crippen molar-refractivity contribution in [2.75, 3.05) is 20.8 Å². The van der Waals surface area contributed by atoms with Crippen molar-refractivity contribution in [1.82, 2.24) is 0 Å². The van der Waals surface area contributed by atoms with Gasteiger partial charge in [-0.2, -0.15) is 0 Å². The Kier molecular flexibility index (Phi) is 10.8. The second kappa shape index (κ2) is 13.1. The number of esters is 1. The van der Waals surface area contributed by atoms with Crippen molar-refractivity contribution in [1.29, 1.82) is 0 Å². The smallest absolute Gasteiger partial charge is 0.305 e. The Bertz CT molecular complexity index is 590. The summed E-state index contributed by atoms with van der Waals surface area (Å²) in [6.45, 7) is 0.839. The number of carbonyl (C=O) groups is 2. The van der Waals surface area contributed by atoms with Crippen molar-refractivity contribution < 1.29 is 24.2 Å². The topological polar surface area (TPSA) is 72.8 Å². The number of methoxy groups -OCH3 is 2. The fourth-order valence-electron chi connectivity index (χ4n) is 4.89. The molecule has 0 amide bonds. The van der Waals surface area contributed by atoms with Crippen molar-refractivity contribution in [3.8, 4) is 0 Å². The third kappa shape index (κ3) is 7.66. The van der Waals surface area contributed by atoms with E-state index in [4.69, 9.17) is 4.74 Å². The van der Waals surface area contributed by atoms with Crippen molar-refractivity contribution >= 4 is 11.8 Å². The minimum atomic E-state index is -0.564. The normalized spacial score (nSPS) is 25.8. The van der Waals surface area contributed by atoms with Gasteiger partial charge in [0.1, 0.15) is 5.78 Å². The molecule has 30 heavy (non-hydrogen) atoms. The Morgan fingerprint density at radius 2 is 1.93 bits per heavy atom. The van der Waals surface area contributed by atoms with Crippen LogP contribution in [0.2, 0.25) is 0 Å². The molecule has 0 aromatic carbocycles. The Labute approximate surface area is 181 Å². The number of ether oxygens (including phenoxy) is 2. The molecule has 0 aromatic heterocycles. The molecule has 0 saturated heterocycles. The summed E-state index contributed by atoms with van der Waals surface area (Å²) in [5, 5.41) is 10.4. The summed E-state index contributed by atoms with van der Waals surface area (Å²) >= 11 is 0. The molecule has 2 rings (SSSR count). The molecule has 5 heteroatoms. The van der Waals surface area contributed by atoms with Gasteiger partial charge in [0.15, 0.2) is 0 Å². The number of ketones is 1. The van der Waals surface area contributed by atoms with Crippen LogP contribution in [0.3, 0.4) is 0 Å². The molecule has 2 saturated carbocycles. The van der Waals surface area contributed by atoms with Crippen LogP contribution >= 0.6 is 0 Å². The first kappa shape index (κ1) is 24.8. The van der Waals surface area contributed by atoms with Gasteiger partial charge >= 0.3 is 5.97 Å². The molecular weight excluding hydrogens is 380 g/mol. The maximum absolute atomic E-state index is 12.3. The first-order chi connectivity index (χ1) is 14.5. The van der Waals surface area contributed by atoms with Gasteiger partial charge in [-0.15, -0.1) is 0 Å². The number of unbranched alkanes of at least 4 members (excludes halogenated alkanes) is 1. The molecule has 2 aliphatic rings. The predicted molar refractivity (Wildman–Crippen MR) is 118 cm³/mol. The average Bonchev–Trinajstić information content (AvgIpc) is 2.97. The van der Waals surface area contributed by atoms with E-state index in [-0.39, 0.29) is 30.0 Å². The van der Waals surface area contributed by atoms with Crippen LogP contribution in [0.25, 0.3) is 0 Å². The van der Waals surface area contributed by atoms with E-state index >= 15 is 0 Å². The summed E-state index contributed by atoms with van der Waals surface area (Å²) in [7, 11) is 3.16. The summed E-state index contributed by atoms with van der Waals surface area (Å²) in [6.07, 6.45) is 19.2. The number of allylic oxidation sites excluding steroid dienone is 3. The molecular formula is C25H40O5. The number of carbonyl (C=O) groups excluding carboxylic acids is 2. The number of rotatable bonds is 14. The standard InChI is InChI=1S/C25H40O5/c1-29-18-10-17-25(15-9-16-25)14-8-7-12-21-20(22(26)19-23(21)27)11-5-3-4-6-13-24(28)30-2/h3,5,7,12,20-21,23,27H,4,6,8-11,13-19H2,1-2H3/b5-3-,12-7+/t20-,21-,23-/m1/s1. The molecule has 3 atom stereocenters. The highest BCUT2D eigenvalue weighted by Crippen LogP contribution is 2.48. The van der Waals surface area contributed by atoms with Gasteiger partial charge in [0, 0.05) is 38.4 Å². The summed E-state index contributed by atoms with van der Waals surface area (Å²) in [5.74, 6) is -0.244. The average molecular weight is 421 g/mol. The second-order valence-electron chi connectivity index (χ2n) is 9.01. The van der Waals surface area contributed by atoms with E-state index in [9.17, 15) is 14.7 Å². The molecule has 0 heterocycles. The van der Waals surface area contributed by atoms with Crippen molar-refractivity contribution in [3.05, 3.63) is 24.3 Å². The maximum atomic E-state index is 12.3. The van der Waals surface area contributed by atoms with E-state index in [2.05, 4.69) is 16.9 Å². The first-order valence-electron chi connectivity index (χ1n) is 11.6. The highest BCUT2D eigenvalue weighted by molar-refractivity contribution is 5.84. The largest absolute Gasteiger partial charge is 0.469 e. The fraction of sp³-hybridized carbons (Fsp3) is 0.760. The first-order valence-corrected chi connectivity index (χ1v) is 11.6. The van der Waals surface area contributed by atoms with Crippen LogP contribution in [-0.2, 0) is 19.1 Å². The van der Waals surface area contributed by atoms with Gasteiger partial charge < -0.3 is 14.6 Å². The monoisotopic (exact) mass is 420 g/mol. The molecule has 0 bridgehead atoms. The number of aliphatic hydroxyl groups excluding tert-OH is 1. The molecule has 2 aliphatic carbocycles. The number of aliphatic hydroxyl groups is 1. The molecule has 0 radical (unpaired) electrons. The van der Waals surface area contributed by atoms with E-state index in [0.717, 1.165) is 32.3 Å². The van der Waals surface area contributed by atoms with Crippen LogP contribution in [0.5, 0.6) is 0 Å². The van der Waals surface area contributed by atoms with E-state index < -0.39 is 6.10 Å². The van der Waals surface area contributed by atoms with E-state index in [1.165, 1.54) is 39.2 Å². The zero-order valence-corrected chi connectivity index (χ0v) is 18.8. The van der Waals surface area contributed by atoms with Gasteiger partial charge in [0.05, 0.1) is 13.2 Å². The minimum Gasteiger partial charge on any atom is -0.469 e. The Morgan fingerprint density at radius 1 is 1.13 bits per heavy atom. The fourth-order valence-corrected chi connectivity index (χ4v) is 4.89. The highest BCUT2D eigenvalue weighted by atomic mass is 16.5. The summed E-state index contributed by atoms with van der Waals surface area (Å²) in [5.41, 5.74) is 0.485. The lowest BCUT2D eigenvalue weighted by molar-refractivity contribution is -0.140. The van der Waals surface area contributed by atoms with Crippen LogP contribution in [0.1, 0.15) is 77.0 Å². The third-order valence-corrected chi connectivity index (χ3v) is 6.94. The predicted octanol–water partition coefficient (Wildman–Crippen LogP) is 4.78. The zero-order chi connectivity index (χ0) is 21.8. The molecule has 0 aromatic rings. The maximum Gasteiger partial charge on any atom is 0.305 e. The summed E-state index contributed by atoms with van der Waals surface area (Å²) in [6, 6.07) is 0. The van der Waals surface area contributed by atoms with Gasteiger partial charge in [-0.05, 0) is 63.2 Å². The van der Waals surface area contributed by atoms with Crippen LogP contribution in [-0.4, -0.2) is 43.8 Å². The lowest BCUT2D eigenvalue weighted by Gasteiger charge is -2.42. The van der Waals surface area contributed by atoms with Gasteiger partial charge in [0.2, 0.25) is 0 Å². The van der Waals surface area contributed by atoms with Crippen LogP contribution in [0.15, 0.2) is 24.3 Å². The van der Waals surface area contributed by atoms with Gasteiger partial charge in [-0.25, -0.2) is 0 Å². The molecule has 0 spiro atoms. The quantitative estimate of drug-likeness (QED) is 0.249. The highest BCUT2D eigenvalue weighted by Gasteiger charge is 2.39. The van der Waals surface area contributed by atoms with E-state index in [1.54, 1.807) is 7.11 Å². The van der Waals surface area contributed by atoms with E-state index in [0.29, 0.717) is 18.3 Å². The molecule has 5 nitrogen and oxygen atoms in total. The molecule has 1 N–H and O–H groups in total. The lowest BCUT2D eigenvalue weighted by atomic mass is 9.63. The Morgan fingerprint density at radius 3 is 2.60 bits per heavy atom. The second-order valence-corrected chi connectivity index (χ2v) is 9.01. The Hall–Kier alpha value is -1.46. The van der Waals surface area contributed by atoms with Gasteiger partial charge in [-0.1, -0.05) is 30.7 Å². The minimum absolute atomic E-state index is 0.0805. The number of hydrogen-bond donors (Lipinski definition) is 1. The SMILES string of the molecule is COCCCC1(CC/C=C/[C@H]2[C@H](O)CC(=O)[C@@H]2C/C=C\CCCC(=O)OC)CCC1. The molecule has 170 valence electrons. The zero-order valence-electron chi connectivity index (χ0n) is 18.8. The third-order valence-electron chi connectivity index (χ3n) is 6.94. The van der Waals surface area contributed by atoms with Crippen molar-refractivity contribution in [2.45, 2.75) is 83.2 Å². The van der Waals surface area contributed by atoms with Crippen LogP contribution < -0.4 is 0 Å². The summed E-state index contributed by atoms with van der Waals surface area (Å²) < 4.78 is 9.83. The van der Waals surface area contributed by atoms with Crippen LogP contribution in [0.4, 0.5) is 0 Å². The van der Waals surface area contributed by atoms with Gasteiger partial charge in [0.25, 0.3) is 0 Å². The van der Waals surface area contributed by atoms with E-state index in [1.807, 2.05) is 12.2 Å². The van der Waals surface area contributed by atoms with Gasteiger partial charge in [-0.3, -0.25) is 9.59 Å². The Balaban J connectivity index is 1.76. The van der Waals surface area contributed by atoms with Crippen molar-refractivity contribution in [3.63, 3.8) is 0 Å².